The van der Waals surface area contributed by atoms with Crippen LogP contribution in [0.25, 0.3) is 32.8 Å². The van der Waals surface area contributed by atoms with Crippen LogP contribution in [0.3, 0.4) is 0 Å². The number of nitrogens with zero attached hydrogens (tertiary/aromatic N) is 5. The molecule has 3 atom stereocenters. The van der Waals surface area contributed by atoms with E-state index in [1.54, 1.807) is 12.1 Å². The zero-order valence-corrected chi connectivity index (χ0v) is 24.0. The average Bonchev–Trinajstić information content (AvgIpc) is 3.48. The van der Waals surface area contributed by atoms with Gasteiger partial charge in [-0.3, -0.25) is 4.90 Å². The van der Waals surface area contributed by atoms with Crippen molar-refractivity contribution in [3.8, 4) is 22.9 Å². The molecule has 8 nitrogen and oxygen atoms in total. The second-order valence-electron chi connectivity index (χ2n) is 12.5. The van der Waals surface area contributed by atoms with E-state index in [9.17, 15) is 5.11 Å². The summed E-state index contributed by atoms with van der Waals surface area (Å²) in [6.07, 6.45) is 4.58. The van der Waals surface area contributed by atoms with E-state index in [1.165, 1.54) is 12.8 Å². The first-order valence-electron chi connectivity index (χ1n) is 15.3. The minimum Gasteiger partial charge on any atom is -0.508 e. The zero-order chi connectivity index (χ0) is 28.4. The Morgan fingerprint density at radius 3 is 2.50 bits per heavy atom. The monoisotopic (exact) mass is 568 g/mol. The Balaban J connectivity index is 1.22. The highest BCUT2D eigenvalue weighted by atomic mass is 19.1. The number of aromatic nitrogens is 2. The van der Waals surface area contributed by atoms with E-state index in [1.807, 2.05) is 36.4 Å². The molecule has 0 amide bonds. The second-order valence-corrected chi connectivity index (χ2v) is 12.5. The molecule has 9 heteroatoms. The Labute approximate surface area is 245 Å². The summed E-state index contributed by atoms with van der Waals surface area (Å²) in [6.45, 7) is 5.39. The van der Waals surface area contributed by atoms with Gasteiger partial charge in [0.05, 0.1) is 0 Å². The number of benzene rings is 3. The molecule has 5 heterocycles. The number of hydrogen-bond acceptors (Lipinski definition) is 8. The van der Waals surface area contributed by atoms with Crippen molar-refractivity contribution in [2.75, 3.05) is 51.3 Å². The number of hydrogen-bond donors (Lipinski definition) is 2. The smallest absolute Gasteiger partial charge is 0.319 e. The van der Waals surface area contributed by atoms with Crippen molar-refractivity contribution in [3.05, 3.63) is 54.3 Å². The Hall–Kier alpha value is -3.53. The molecule has 0 saturated carbocycles. The third-order valence-corrected chi connectivity index (χ3v) is 10.00. The number of piperazine rings is 1. The molecule has 218 valence electrons. The largest absolute Gasteiger partial charge is 0.508 e. The summed E-state index contributed by atoms with van der Waals surface area (Å²) in [6, 6.07) is 16.9. The summed E-state index contributed by atoms with van der Waals surface area (Å²) < 4.78 is 22.9. The number of fused-ring (bicyclic) bond motifs is 4. The van der Waals surface area contributed by atoms with Crippen molar-refractivity contribution in [1.82, 2.24) is 25.1 Å². The van der Waals surface area contributed by atoms with E-state index in [2.05, 4.69) is 32.0 Å². The Morgan fingerprint density at radius 2 is 1.76 bits per heavy atom. The standard InChI is InChI=1S/C33H37FN6O2/c1-38-12-4-6-23(38)19-42-33-36-31-28(32(37-33)39-17-21-8-9-22(18-39)40(21)24-15-35-16-24)11-10-27(30(31)34)29-14-25(41)13-20-5-2-3-7-26(20)29/h2-3,5,7,10-11,13-14,21-24,35,41H,4,6,8-9,12,15-19H2,1H3/t21?,22?,23-/m0/s1. The SMILES string of the molecule is CN1CCC[C@H]1COc1nc(N2CC3CCC(C2)N3C2CNC2)c2ccc(-c3cc(O)cc4ccccc34)c(F)c2n1. The normalized spacial score (nSPS) is 25.0. The number of halogens is 1. The molecule has 4 aliphatic rings. The van der Waals surface area contributed by atoms with Gasteiger partial charge in [-0.2, -0.15) is 9.97 Å². The van der Waals surface area contributed by atoms with Crippen LogP contribution in [0, 0.1) is 5.82 Å². The number of ether oxygens (including phenoxy) is 1. The van der Waals surface area contributed by atoms with Crippen LogP contribution in [-0.2, 0) is 0 Å². The van der Waals surface area contributed by atoms with Gasteiger partial charge in [-0.15, -0.1) is 0 Å². The molecule has 2 unspecified atom stereocenters. The van der Waals surface area contributed by atoms with Crippen LogP contribution in [0.1, 0.15) is 25.7 Å². The number of phenols is 1. The van der Waals surface area contributed by atoms with E-state index in [0.717, 1.165) is 62.2 Å². The fourth-order valence-electron chi connectivity index (χ4n) is 7.71. The maximum Gasteiger partial charge on any atom is 0.319 e. The number of aromatic hydroxyl groups is 1. The van der Waals surface area contributed by atoms with Gasteiger partial charge in [-0.1, -0.05) is 30.3 Å². The van der Waals surface area contributed by atoms with Crippen molar-refractivity contribution in [1.29, 1.82) is 0 Å². The summed E-state index contributed by atoms with van der Waals surface area (Å²) in [5.41, 5.74) is 1.31. The molecule has 0 spiro atoms. The number of anilines is 1. The molecular weight excluding hydrogens is 531 g/mol. The van der Waals surface area contributed by atoms with Crippen molar-refractivity contribution >= 4 is 27.5 Å². The minimum atomic E-state index is -0.420. The summed E-state index contributed by atoms with van der Waals surface area (Å²) >= 11 is 0. The first kappa shape index (κ1) is 26.1. The van der Waals surface area contributed by atoms with Crippen molar-refractivity contribution in [3.63, 3.8) is 0 Å². The van der Waals surface area contributed by atoms with Crippen LogP contribution >= 0.6 is 0 Å². The highest BCUT2D eigenvalue weighted by Crippen LogP contribution is 2.40. The maximum absolute atomic E-state index is 16.7. The zero-order valence-electron chi connectivity index (χ0n) is 24.0. The third-order valence-electron chi connectivity index (χ3n) is 10.00. The van der Waals surface area contributed by atoms with Crippen LogP contribution in [-0.4, -0.2) is 95.4 Å². The first-order valence-corrected chi connectivity index (χ1v) is 15.3. The number of phenolic OH excluding ortho intramolecular Hbond substituents is 1. The minimum absolute atomic E-state index is 0.103. The topological polar surface area (TPSA) is 77.0 Å². The van der Waals surface area contributed by atoms with E-state index in [0.29, 0.717) is 47.3 Å². The maximum atomic E-state index is 16.7. The lowest BCUT2D eigenvalue weighted by atomic mass is 9.96. The lowest BCUT2D eigenvalue weighted by Gasteiger charge is -2.48. The van der Waals surface area contributed by atoms with Gasteiger partial charge in [0.25, 0.3) is 0 Å². The fourth-order valence-corrected chi connectivity index (χ4v) is 7.71. The number of likely N-dealkylation sites (tertiary alicyclic amines) is 1. The molecule has 4 saturated heterocycles. The first-order chi connectivity index (χ1) is 20.5. The molecule has 8 rings (SSSR count). The Morgan fingerprint density at radius 1 is 0.952 bits per heavy atom. The molecule has 2 bridgehead atoms. The van der Waals surface area contributed by atoms with Crippen molar-refractivity contribution in [2.24, 2.45) is 0 Å². The number of rotatable bonds is 6. The molecule has 0 aliphatic carbocycles. The van der Waals surface area contributed by atoms with Crippen LogP contribution in [0.4, 0.5) is 10.2 Å². The Kier molecular flexibility index (Phi) is 6.42. The average molecular weight is 569 g/mol. The molecule has 0 radical (unpaired) electrons. The summed E-state index contributed by atoms with van der Waals surface area (Å²) in [4.78, 5) is 17.0. The molecule has 2 N–H and O–H groups in total. The van der Waals surface area contributed by atoms with Gasteiger partial charge in [0.1, 0.15) is 23.7 Å². The highest BCUT2D eigenvalue weighted by molar-refractivity contribution is 6.01. The third kappa shape index (κ3) is 4.37. The molecule has 1 aromatic heterocycles. The molecular formula is C33H37FN6O2. The van der Waals surface area contributed by atoms with Gasteiger partial charge >= 0.3 is 6.01 Å². The van der Waals surface area contributed by atoms with Crippen LogP contribution in [0.2, 0.25) is 0 Å². The van der Waals surface area contributed by atoms with E-state index < -0.39 is 5.82 Å². The predicted octanol–water partition coefficient (Wildman–Crippen LogP) is 4.39. The highest BCUT2D eigenvalue weighted by Gasteiger charge is 2.45. The van der Waals surface area contributed by atoms with Crippen molar-refractivity contribution < 1.29 is 14.2 Å². The molecule has 4 aromatic rings. The summed E-state index contributed by atoms with van der Waals surface area (Å²) in [7, 11) is 2.12. The van der Waals surface area contributed by atoms with Gasteiger partial charge in [-0.05, 0) is 73.8 Å². The predicted molar refractivity (Wildman–Crippen MR) is 163 cm³/mol. The number of likely N-dealkylation sites (N-methyl/N-ethyl adjacent to an activating group) is 1. The van der Waals surface area contributed by atoms with Crippen LogP contribution < -0.4 is 15.0 Å². The lowest BCUT2D eigenvalue weighted by molar-refractivity contribution is 0.0768. The molecule has 42 heavy (non-hydrogen) atoms. The summed E-state index contributed by atoms with van der Waals surface area (Å²) in [5, 5.41) is 16.3. The quantitative estimate of drug-likeness (QED) is 0.355. The van der Waals surface area contributed by atoms with Gasteiger partial charge in [0.15, 0.2) is 5.82 Å². The van der Waals surface area contributed by atoms with Gasteiger partial charge in [0, 0.05) is 61.3 Å². The van der Waals surface area contributed by atoms with Gasteiger partial charge < -0.3 is 25.0 Å². The van der Waals surface area contributed by atoms with Crippen LogP contribution in [0.5, 0.6) is 11.8 Å². The Bertz CT molecular complexity index is 1650. The van der Waals surface area contributed by atoms with E-state index in [-0.39, 0.29) is 17.3 Å². The van der Waals surface area contributed by atoms with Gasteiger partial charge in [-0.25, -0.2) is 4.39 Å². The van der Waals surface area contributed by atoms with E-state index in [4.69, 9.17) is 9.72 Å². The van der Waals surface area contributed by atoms with Crippen molar-refractivity contribution in [2.45, 2.75) is 49.9 Å². The summed E-state index contributed by atoms with van der Waals surface area (Å²) in [5.74, 6) is 0.437. The van der Waals surface area contributed by atoms with E-state index >= 15 is 4.39 Å². The molecule has 4 aliphatic heterocycles. The lowest BCUT2D eigenvalue weighted by Crippen LogP contribution is -2.65. The van der Waals surface area contributed by atoms with Crippen LogP contribution in [0.15, 0.2) is 48.5 Å². The second kappa shape index (κ2) is 10.3. The van der Waals surface area contributed by atoms with Gasteiger partial charge in [0.2, 0.25) is 0 Å². The molecule has 3 aromatic carbocycles. The number of nitrogens with one attached hydrogen (secondary N) is 1. The fraction of sp³-hybridized carbons (Fsp3) is 0.455. The molecule has 4 fully saturated rings.